The van der Waals surface area contributed by atoms with Crippen LogP contribution < -0.4 is 4.52 Å². The van der Waals surface area contributed by atoms with Crippen LogP contribution in [0.15, 0.2) is 30.3 Å². The van der Waals surface area contributed by atoms with E-state index >= 15 is 0 Å². The molecule has 0 unspecified atom stereocenters. The van der Waals surface area contributed by atoms with E-state index in [0.29, 0.717) is 19.0 Å². The molecule has 0 atom stereocenters. The van der Waals surface area contributed by atoms with E-state index in [9.17, 15) is 9.79 Å². The molecule has 0 amide bonds. The van der Waals surface area contributed by atoms with E-state index in [-0.39, 0.29) is 0 Å². The summed E-state index contributed by atoms with van der Waals surface area (Å²) in [5, 5.41) is 0. The van der Waals surface area contributed by atoms with Gasteiger partial charge in [-0.2, -0.15) is 0 Å². The molecule has 0 spiro atoms. The highest BCUT2D eigenvalue weighted by molar-refractivity contribution is 8.22. The molecule has 0 aliphatic carbocycles. The van der Waals surface area contributed by atoms with Crippen molar-refractivity contribution in [2.45, 2.75) is 13.8 Å². The van der Waals surface area contributed by atoms with Gasteiger partial charge in [-0.25, -0.2) is 0 Å². The zero-order chi connectivity index (χ0) is 12.7. The van der Waals surface area contributed by atoms with E-state index in [0.717, 1.165) is 0 Å². The summed E-state index contributed by atoms with van der Waals surface area (Å²) in [6.07, 6.45) is 0. The Hall–Kier alpha value is -0.360. The van der Waals surface area contributed by atoms with Gasteiger partial charge in [0.15, 0.2) is 10.6 Å². The molecule has 1 rings (SSSR count). The highest BCUT2D eigenvalue weighted by atomic mass is 32.5. The molecule has 1 aromatic rings. The quantitative estimate of drug-likeness (QED) is 0.782. The van der Waals surface area contributed by atoms with Crippen LogP contribution in [0.5, 0.6) is 5.75 Å². The van der Waals surface area contributed by atoms with Crippen molar-refractivity contribution in [1.29, 1.82) is 0 Å². The van der Waals surface area contributed by atoms with Crippen LogP contribution in [0.2, 0.25) is 0 Å². The van der Waals surface area contributed by atoms with Crippen molar-refractivity contribution in [3.05, 3.63) is 30.3 Å². The molecule has 0 heterocycles. The maximum Gasteiger partial charge on any atom is 0.384 e. The van der Waals surface area contributed by atoms with Crippen molar-refractivity contribution in [2.75, 3.05) is 13.2 Å². The maximum absolute atomic E-state index is 9.90. The summed E-state index contributed by atoms with van der Waals surface area (Å²) >= 11 is 0. The number of rotatable bonds is 6. The first-order valence-electron chi connectivity index (χ1n) is 5.20. The summed E-state index contributed by atoms with van der Waals surface area (Å²) in [6.45, 7) is 0.426. The lowest BCUT2D eigenvalue weighted by Gasteiger charge is -2.18. The first kappa shape index (κ1) is 14.7. The molecule has 5 nitrogen and oxygen atoms in total. The molecule has 1 aromatic carbocycles. The van der Waals surface area contributed by atoms with Gasteiger partial charge in [0, 0.05) is 0 Å². The van der Waals surface area contributed by atoms with Crippen molar-refractivity contribution in [3.8, 4) is 5.75 Å². The van der Waals surface area contributed by atoms with Gasteiger partial charge in [-0.3, -0.25) is 8.37 Å². The molecular weight excluding hydrogens is 263 g/mol. The van der Waals surface area contributed by atoms with Gasteiger partial charge in [-0.05, 0) is 26.0 Å². The lowest BCUT2D eigenvalue weighted by atomic mass is 10.3. The number of benzene rings is 1. The van der Waals surface area contributed by atoms with E-state index in [4.69, 9.17) is 12.9 Å². The minimum Gasteiger partial charge on any atom is -0.425 e. The summed E-state index contributed by atoms with van der Waals surface area (Å²) < 4.78 is 15.5. The van der Waals surface area contributed by atoms with Crippen LogP contribution >= 0.6 is 6.72 Å². The molecule has 2 N–H and O–H groups in total. The predicted octanol–water partition coefficient (Wildman–Crippen LogP) is 2.25. The Morgan fingerprint density at radius 2 is 1.59 bits per heavy atom. The topological polar surface area (TPSA) is 68.2 Å². The van der Waals surface area contributed by atoms with Gasteiger partial charge in [-0.1, -0.05) is 18.2 Å². The molecule has 17 heavy (non-hydrogen) atoms. The summed E-state index contributed by atoms with van der Waals surface area (Å²) in [7, 11) is -1.44. The third kappa shape index (κ3) is 4.79. The third-order valence-electron chi connectivity index (χ3n) is 1.60. The SMILES string of the molecule is CCOS(OCC)=P(O)(O)Oc1ccccc1. The van der Waals surface area contributed by atoms with E-state index in [1.807, 2.05) is 6.07 Å². The first-order valence-corrected chi connectivity index (χ1v) is 8.50. The van der Waals surface area contributed by atoms with E-state index in [1.54, 1.807) is 38.1 Å². The highest BCUT2D eigenvalue weighted by Crippen LogP contribution is 2.44. The van der Waals surface area contributed by atoms with Gasteiger partial charge in [0.2, 0.25) is 0 Å². The molecule has 0 radical (unpaired) electrons. The van der Waals surface area contributed by atoms with Crippen molar-refractivity contribution in [1.82, 2.24) is 0 Å². The smallest absolute Gasteiger partial charge is 0.384 e. The maximum atomic E-state index is 9.90. The summed E-state index contributed by atoms with van der Waals surface area (Å²) in [6, 6.07) is 8.58. The van der Waals surface area contributed by atoms with Crippen LogP contribution in [0.25, 0.3) is 0 Å². The second-order valence-electron chi connectivity index (χ2n) is 2.93. The lowest BCUT2D eigenvalue weighted by Crippen LogP contribution is -2.07. The number of hydrogen-bond donors (Lipinski definition) is 2. The molecule has 98 valence electrons. The summed E-state index contributed by atoms with van der Waals surface area (Å²) in [4.78, 5) is 19.8. The van der Waals surface area contributed by atoms with Crippen LogP contribution in [0.4, 0.5) is 0 Å². The Bertz CT molecular complexity index is 381. The average Bonchev–Trinajstić information content (AvgIpc) is 2.29. The average molecular weight is 280 g/mol. The fraction of sp³-hybridized carbons (Fsp3) is 0.400. The second kappa shape index (κ2) is 7.16. The fourth-order valence-electron chi connectivity index (χ4n) is 1.02. The monoisotopic (exact) mass is 280 g/mol. The van der Waals surface area contributed by atoms with Gasteiger partial charge in [0.1, 0.15) is 5.75 Å². The Balaban J connectivity index is 2.93. The van der Waals surface area contributed by atoms with Crippen LogP contribution in [0, 0.1) is 0 Å². The van der Waals surface area contributed by atoms with E-state index in [2.05, 4.69) is 0 Å². The summed E-state index contributed by atoms with van der Waals surface area (Å²) in [5.74, 6) is 0.378. The first-order chi connectivity index (χ1) is 8.10. The molecule has 7 heteroatoms. The van der Waals surface area contributed by atoms with Crippen LogP contribution in [0.3, 0.4) is 0 Å². The number of para-hydroxylation sites is 1. The van der Waals surface area contributed by atoms with Crippen molar-refractivity contribution in [2.24, 2.45) is 0 Å². The minimum atomic E-state index is -3.72. The molecule has 0 saturated heterocycles. The van der Waals surface area contributed by atoms with Gasteiger partial charge < -0.3 is 14.3 Å². The van der Waals surface area contributed by atoms with Gasteiger partial charge in [0.05, 0.1) is 13.2 Å². The van der Waals surface area contributed by atoms with Gasteiger partial charge >= 0.3 is 6.72 Å². The second-order valence-corrected chi connectivity index (χ2v) is 7.32. The van der Waals surface area contributed by atoms with Crippen LogP contribution in [-0.2, 0) is 19.0 Å². The largest absolute Gasteiger partial charge is 0.425 e. The van der Waals surface area contributed by atoms with Gasteiger partial charge in [-0.15, -0.1) is 0 Å². The van der Waals surface area contributed by atoms with Crippen molar-refractivity contribution in [3.63, 3.8) is 0 Å². The molecule has 0 aliphatic heterocycles. The molecule has 0 aliphatic rings. The van der Waals surface area contributed by atoms with Crippen molar-refractivity contribution < 1.29 is 22.7 Å². The Labute approximate surface area is 104 Å². The molecule has 0 bridgehead atoms. The summed E-state index contributed by atoms with van der Waals surface area (Å²) in [5.41, 5.74) is 0. The molecule has 0 saturated carbocycles. The van der Waals surface area contributed by atoms with Crippen LogP contribution in [-0.4, -0.2) is 23.0 Å². The standard InChI is InChI=1S/C10H17O5PS/c1-3-13-17(14-4-2)16(11,12)15-10-8-6-5-7-9-10/h5-9,11-12H,3-4H2,1-2H3. The molecular formula is C10H17O5PS. The lowest BCUT2D eigenvalue weighted by molar-refractivity contribution is 0.288. The van der Waals surface area contributed by atoms with Crippen LogP contribution in [0.1, 0.15) is 13.8 Å². The molecule has 0 aromatic heterocycles. The Kier molecular flexibility index (Phi) is 6.19. The molecule has 0 fully saturated rings. The zero-order valence-corrected chi connectivity index (χ0v) is 11.5. The minimum absolute atomic E-state index is 0.324. The normalized spacial score (nSPS) is 11.8. The predicted molar refractivity (Wildman–Crippen MR) is 69.0 cm³/mol. The Morgan fingerprint density at radius 3 is 2.06 bits per heavy atom. The highest BCUT2D eigenvalue weighted by Gasteiger charge is 2.21. The van der Waals surface area contributed by atoms with E-state index < -0.39 is 17.4 Å². The zero-order valence-electron chi connectivity index (χ0n) is 9.78. The fourth-order valence-corrected chi connectivity index (χ4v) is 4.12. The Morgan fingerprint density at radius 1 is 1.06 bits per heavy atom. The number of hydrogen-bond acceptors (Lipinski definition) is 3. The van der Waals surface area contributed by atoms with Crippen molar-refractivity contribution >= 4 is 17.4 Å². The van der Waals surface area contributed by atoms with E-state index in [1.165, 1.54) is 0 Å². The third-order valence-corrected chi connectivity index (χ3v) is 5.33. The van der Waals surface area contributed by atoms with Gasteiger partial charge in [0.25, 0.3) is 0 Å².